The highest BCUT2D eigenvalue weighted by Crippen LogP contribution is 2.21. The van der Waals surface area contributed by atoms with E-state index in [0.29, 0.717) is 5.88 Å². The number of nitrogens with one attached hydrogen (secondary N) is 1. The molecular formula is C17H22N2O. The third-order valence-corrected chi connectivity index (χ3v) is 3.05. The number of benzene rings is 1. The molecular weight excluding hydrogens is 248 g/mol. The Morgan fingerprint density at radius 2 is 1.85 bits per heavy atom. The Balaban J connectivity index is 2.00. The van der Waals surface area contributed by atoms with E-state index in [1.807, 2.05) is 37.3 Å². The molecule has 1 aromatic heterocycles. The highest BCUT2D eigenvalue weighted by Gasteiger charge is 2.00. The Morgan fingerprint density at radius 3 is 2.55 bits per heavy atom. The van der Waals surface area contributed by atoms with Crippen LogP contribution in [0.25, 0.3) is 0 Å². The van der Waals surface area contributed by atoms with Gasteiger partial charge in [0.2, 0.25) is 5.88 Å². The van der Waals surface area contributed by atoms with Gasteiger partial charge < -0.3 is 10.1 Å². The number of nitrogens with zero attached hydrogens (tertiary/aromatic N) is 1. The zero-order chi connectivity index (χ0) is 14.2. The molecule has 2 aromatic rings. The van der Waals surface area contributed by atoms with Crippen LogP contribution >= 0.6 is 0 Å². The van der Waals surface area contributed by atoms with Crippen LogP contribution in [0.4, 0.5) is 5.82 Å². The lowest BCUT2D eigenvalue weighted by Gasteiger charge is -2.08. The van der Waals surface area contributed by atoms with Crippen molar-refractivity contribution in [3.63, 3.8) is 0 Å². The van der Waals surface area contributed by atoms with Crippen molar-refractivity contribution in [1.82, 2.24) is 4.98 Å². The Morgan fingerprint density at radius 1 is 1.05 bits per heavy atom. The first kappa shape index (κ1) is 14.4. The summed E-state index contributed by atoms with van der Waals surface area (Å²) in [6, 6.07) is 14.0. The highest BCUT2D eigenvalue weighted by atomic mass is 16.5. The number of hydrogen-bond acceptors (Lipinski definition) is 3. The van der Waals surface area contributed by atoms with Crippen molar-refractivity contribution in [3.8, 4) is 11.6 Å². The summed E-state index contributed by atoms with van der Waals surface area (Å²) in [6.07, 6.45) is 3.58. The van der Waals surface area contributed by atoms with Gasteiger partial charge in [0.1, 0.15) is 11.6 Å². The Kier molecular flexibility index (Phi) is 5.42. The number of pyridine rings is 1. The minimum atomic E-state index is 0.616. The van der Waals surface area contributed by atoms with Crippen LogP contribution < -0.4 is 10.1 Å². The van der Waals surface area contributed by atoms with Gasteiger partial charge in [-0.2, -0.15) is 4.98 Å². The van der Waals surface area contributed by atoms with Gasteiger partial charge in [-0.05, 0) is 43.5 Å². The smallest absolute Gasteiger partial charge is 0.221 e. The van der Waals surface area contributed by atoms with E-state index in [1.165, 1.54) is 18.4 Å². The molecule has 0 aliphatic rings. The number of unbranched alkanes of at least 4 members (excludes halogenated alkanes) is 1. The van der Waals surface area contributed by atoms with Gasteiger partial charge in [0, 0.05) is 12.6 Å². The van der Waals surface area contributed by atoms with Crippen molar-refractivity contribution < 1.29 is 4.74 Å². The second kappa shape index (κ2) is 7.53. The summed E-state index contributed by atoms with van der Waals surface area (Å²) in [7, 11) is 0. The zero-order valence-electron chi connectivity index (χ0n) is 12.2. The molecule has 0 radical (unpaired) electrons. The Bertz CT molecular complexity index is 523. The summed E-state index contributed by atoms with van der Waals surface area (Å²) >= 11 is 0. The lowest BCUT2D eigenvalue weighted by atomic mass is 10.1. The Labute approximate surface area is 121 Å². The molecule has 106 valence electrons. The van der Waals surface area contributed by atoms with Crippen molar-refractivity contribution in [1.29, 1.82) is 0 Å². The minimum Gasteiger partial charge on any atom is -0.439 e. The SMILES string of the molecule is CCCCc1ccc(Oc2cccc(NCC)n2)cc1. The predicted molar refractivity (Wildman–Crippen MR) is 83.5 cm³/mol. The van der Waals surface area contributed by atoms with Gasteiger partial charge in [-0.15, -0.1) is 0 Å². The molecule has 0 fully saturated rings. The molecule has 0 aliphatic carbocycles. The Hall–Kier alpha value is -2.03. The van der Waals surface area contributed by atoms with Crippen LogP contribution in [-0.4, -0.2) is 11.5 Å². The molecule has 2 rings (SSSR count). The fourth-order valence-corrected chi connectivity index (χ4v) is 1.98. The predicted octanol–water partition coefficient (Wildman–Crippen LogP) is 4.65. The van der Waals surface area contributed by atoms with E-state index in [2.05, 4.69) is 29.4 Å². The van der Waals surface area contributed by atoms with E-state index < -0.39 is 0 Å². The van der Waals surface area contributed by atoms with Crippen LogP contribution in [0.3, 0.4) is 0 Å². The fraction of sp³-hybridized carbons (Fsp3) is 0.353. The molecule has 0 unspecified atom stereocenters. The van der Waals surface area contributed by atoms with E-state index in [0.717, 1.165) is 24.5 Å². The molecule has 0 amide bonds. The number of rotatable bonds is 7. The molecule has 0 atom stereocenters. The lowest BCUT2D eigenvalue weighted by Crippen LogP contribution is -1.99. The average Bonchev–Trinajstić information content (AvgIpc) is 2.47. The summed E-state index contributed by atoms with van der Waals surface area (Å²) in [4.78, 5) is 4.40. The van der Waals surface area contributed by atoms with E-state index in [9.17, 15) is 0 Å². The molecule has 20 heavy (non-hydrogen) atoms. The van der Waals surface area contributed by atoms with Crippen LogP contribution in [0.5, 0.6) is 11.6 Å². The molecule has 0 spiro atoms. The first-order valence-electron chi connectivity index (χ1n) is 7.29. The minimum absolute atomic E-state index is 0.616. The van der Waals surface area contributed by atoms with Gasteiger partial charge in [0.15, 0.2) is 0 Å². The molecule has 3 heteroatoms. The van der Waals surface area contributed by atoms with Crippen LogP contribution in [0.2, 0.25) is 0 Å². The topological polar surface area (TPSA) is 34.1 Å². The first-order chi connectivity index (χ1) is 9.81. The van der Waals surface area contributed by atoms with Crippen molar-refractivity contribution in [2.75, 3.05) is 11.9 Å². The van der Waals surface area contributed by atoms with Crippen molar-refractivity contribution in [2.45, 2.75) is 33.1 Å². The van der Waals surface area contributed by atoms with E-state index in [4.69, 9.17) is 4.74 Å². The maximum atomic E-state index is 5.77. The van der Waals surface area contributed by atoms with Crippen molar-refractivity contribution >= 4 is 5.82 Å². The van der Waals surface area contributed by atoms with Gasteiger partial charge in [-0.25, -0.2) is 0 Å². The third kappa shape index (κ3) is 4.26. The summed E-state index contributed by atoms with van der Waals surface area (Å²) in [5, 5.41) is 3.17. The van der Waals surface area contributed by atoms with Crippen molar-refractivity contribution in [3.05, 3.63) is 48.0 Å². The highest BCUT2D eigenvalue weighted by molar-refractivity contribution is 5.38. The fourth-order valence-electron chi connectivity index (χ4n) is 1.98. The molecule has 3 nitrogen and oxygen atoms in total. The largest absolute Gasteiger partial charge is 0.439 e. The number of hydrogen-bond donors (Lipinski definition) is 1. The summed E-state index contributed by atoms with van der Waals surface area (Å²) in [5.41, 5.74) is 1.36. The summed E-state index contributed by atoms with van der Waals surface area (Å²) < 4.78 is 5.77. The monoisotopic (exact) mass is 270 g/mol. The number of aryl methyl sites for hydroxylation is 1. The van der Waals surface area contributed by atoms with E-state index >= 15 is 0 Å². The van der Waals surface area contributed by atoms with Crippen molar-refractivity contribution in [2.24, 2.45) is 0 Å². The second-order valence-electron chi connectivity index (χ2n) is 4.74. The van der Waals surface area contributed by atoms with Gasteiger partial charge in [0.05, 0.1) is 0 Å². The maximum Gasteiger partial charge on any atom is 0.221 e. The summed E-state index contributed by atoms with van der Waals surface area (Å²) in [5.74, 6) is 2.28. The standard InChI is InChI=1S/C17H22N2O/c1-3-5-7-14-10-12-15(13-11-14)20-17-9-6-8-16(19-17)18-4-2/h6,8-13H,3-5,7H2,1-2H3,(H,18,19). The number of anilines is 1. The molecule has 1 N–H and O–H groups in total. The molecule has 1 heterocycles. The maximum absolute atomic E-state index is 5.77. The van der Waals surface area contributed by atoms with Gasteiger partial charge in [-0.3, -0.25) is 0 Å². The number of ether oxygens (including phenoxy) is 1. The summed E-state index contributed by atoms with van der Waals surface area (Å²) in [6.45, 7) is 5.10. The zero-order valence-corrected chi connectivity index (χ0v) is 12.2. The molecule has 1 aromatic carbocycles. The van der Waals surface area contributed by atoms with E-state index in [1.54, 1.807) is 0 Å². The number of aromatic nitrogens is 1. The molecule has 0 saturated heterocycles. The van der Waals surface area contributed by atoms with Gasteiger partial charge in [0.25, 0.3) is 0 Å². The molecule has 0 aliphatic heterocycles. The van der Waals surface area contributed by atoms with Crippen LogP contribution in [0.1, 0.15) is 32.3 Å². The van der Waals surface area contributed by atoms with Crippen LogP contribution in [0, 0.1) is 0 Å². The quantitative estimate of drug-likeness (QED) is 0.795. The normalized spacial score (nSPS) is 10.3. The molecule has 0 saturated carbocycles. The van der Waals surface area contributed by atoms with Gasteiger partial charge in [-0.1, -0.05) is 31.5 Å². The van der Waals surface area contributed by atoms with Gasteiger partial charge >= 0.3 is 0 Å². The molecule has 0 bridgehead atoms. The van der Waals surface area contributed by atoms with E-state index in [-0.39, 0.29) is 0 Å². The van der Waals surface area contributed by atoms with Crippen LogP contribution in [-0.2, 0) is 6.42 Å². The third-order valence-electron chi connectivity index (χ3n) is 3.05. The second-order valence-corrected chi connectivity index (χ2v) is 4.74. The lowest BCUT2D eigenvalue weighted by molar-refractivity contribution is 0.463. The average molecular weight is 270 g/mol. The van der Waals surface area contributed by atoms with Crippen LogP contribution in [0.15, 0.2) is 42.5 Å². The first-order valence-corrected chi connectivity index (χ1v) is 7.29.